The number of benzene rings is 2. The Bertz CT molecular complexity index is 679. The van der Waals surface area contributed by atoms with Gasteiger partial charge in [0.25, 0.3) is 0 Å². The molecule has 0 aromatic heterocycles. The van der Waals surface area contributed by atoms with E-state index < -0.39 is 0 Å². The molecule has 2 N–H and O–H groups in total. The molecule has 0 radical (unpaired) electrons. The maximum Gasteiger partial charge on any atom is 0.191 e. The Balaban J connectivity index is 1.65. The second kappa shape index (κ2) is 7.18. The monoisotopic (exact) mass is 309 g/mol. The van der Waals surface area contributed by atoms with Gasteiger partial charge in [-0.3, -0.25) is 4.99 Å². The Kier molecular flexibility index (Phi) is 4.81. The van der Waals surface area contributed by atoms with Crippen LogP contribution in [0.2, 0.25) is 0 Å². The quantitative estimate of drug-likeness (QED) is 0.887. The molecule has 4 heteroatoms. The maximum atomic E-state index is 6.02. The summed E-state index contributed by atoms with van der Waals surface area (Å²) in [5.41, 5.74) is 2.33. The molecule has 0 amide bonds. The molecular formula is C19H23N3O. The van der Waals surface area contributed by atoms with Gasteiger partial charge < -0.3 is 15.4 Å². The summed E-state index contributed by atoms with van der Waals surface area (Å²) in [6.45, 7) is 5.77. The van der Waals surface area contributed by atoms with E-state index in [2.05, 4.69) is 47.7 Å². The molecular weight excluding hydrogens is 286 g/mol. The van der Waals surface area contributed by atoms with E-state index in [9.17, 15) is 0 Å². The molecule has 0 saturated carbocycles. The van der Waals surface area contributed by atoms with Crippen LogP contribution in [0.3, 0.4) is 0 Å². The number of nitrogens with zero attached hydrogens (tertiary/aromatic N) is 1. The predicted octanol–water partition coefficient (Wildman–Crippen LogP) is 3.61. The van der Waals surface area contributed by atoms with Crippen molar-refractivity contribution in [2.75, 3.05) is 6.54 Å². The number of ether oxygens (including phenoxy) is 1. The molecule has 1 unspecified atom stereocenters. The largest absolute Gasteiger partial charge is 0.457 e. The van der Waals surface area contributed by atoms with Gasteiger partial charge in [-0.15, -0.1) is 0 Å². The van der Waals surface area contributed by atoms with Crippen LogP contribution in [0.5, 0.6) is 11.5 Å². The highest BCUT2D eigenvalue weighted by Gasteiger charge is 2.15. The van der Waals surface area contributed by atoms with Gasteiger partial charge in [0, 0.05) is 18.2 Å². The highest BCUT2D eigenvalue weighted by atomic mass is 16.5. The van der Waals surface area contributed by atoms with Crippen molar-refractivity contribution in [2.24, 2.45) is 4.99 Å². The molecule has 0 bridgehead atoms. The number of aryl methyl sites for hydroxylation is 1. The van der Waals surface area contributed by atoms with Gasteiger partial charge in [-0.05, 0) is 31.5 Å². The van der Waals surface area contributed by atoms with Crippen LogP contribution in [0.15, 0.2) is 53.5 Å². The van der Waals surface area contributed by atoms with E-state index in [0.717, 1.165) is 36.0 Å². The van der Waals surface area contributed by atoms with Crippen molar-refractivity contribution in [3.63, 3.8) is 0 Å². The zero-order valence-corrected chi connectivity index (χ0v) is 13.7. The first-order chi connectivity index (χ1) is 11.2. The van der Waals surface area contributed by atoms with Crippen LogP contribution in [0.4, 0.5) is 0 Å². The lowest BCUT2D eigenvalue weighted by atomic mass is 10.2. The molecule has 1 heterocycles. The summed E-state index contributed by atoms with van der Waals surface area (Å²) in [5.74, 6) is 2.60. The lowest BCUT2D eigenvalue weighted by Crippen LogP contribution is -2.38. The average molecular weight is 309 g/mol. The van der Waals surface area contributed by atoms with E-state index >= 15 is 0 Å². The predicted molar refractivity (Wildman–Crippen MR) is 94.1 cm³/mol. The van der Waals surface area contributed by atoms with Crippen molar-refractivity contribution >= 4 is 5.96 Å². The summed E-state index contributed by atoms with van der Waals surface area (Å²) in [4.78, 5) is 4.48. The molecule has 1 aliphatic rings. The van der Waals surface area contributed by atoms with E-state index in [1.807, 2.05) is 30.3 Å². The molecule has 0 fully saturated rings. The van der Waals surface area contributed by atoms with Crippen molar-refractivity contribution in [3.05, 3.63) is 59.7 Å². The SMILES string of the molecule is CCC1CN=C(NCc2ccccc2Oc2ccc(C)cc2)N1. The molecule has 4 nitrogen and oxygen atoms in total. The van der Waals surface area contributed by atoms with Crippen molar-refractivity contribution in [3.8, 4) is 11.5 Å². The lowest BCUT2D eigenvalue weighted by molar-refractivity contribution is 0.475. The van der Waals surface area contributed by atoms with Crippen LogP contribution in [0.25, 0.3) is 0 Å². The van der Waals surface area contributed by atoms with Gasteiger partial charge >= 0.3 is 0 Å². The highest BCUT2D eigenvalue weighted by molar-refractivity contribution is 5.81. The zero-order valence-electron chi connectivity index (χ0n) is 13.7. The average Bonchev–Trinajstić information content (AvgIpc) is 3.04. The number of para-hydroxylation sites is 1. The van der Waals surface area contributed by atoms with Gasteiger partial charge in [-0.2, -0.15) is 0 Å². The molecule has 2 aromatic carbocycles. The normalized spacial score (nSPS) is 16.6. The highest BCUT2D eigenvalue weighted by Crippen LogP contribution is 2.25. The third-order valence-electron chi connectivity index (χ3n) is 3.97. The summed E-state index contributed by atoms with van der Waals surface area (Å²) >= 11 is 0. The van der Waals surface area contributed by atoms with Crippen molar-refractivity contribution < 1.29 is 4.74 Å². The molecule has 0 aliphatic carbocycles. The van der Waals surface area contributed by atoms with E-state index in [4.69, 9.17) is 4.74 Å². The van der Waals surface area contributed by atoms with E-state index in [-0.39, 0.29) is 0 Å². The Hall–Kier alpha value is -2.49. The summed E-state index contributed by atoms with van der Waals surface area (Å²) < 4.78 is 6.02. The van der Waals surface area contributed by atoms with Crippen molar-refractivity contribution in [2.45, 2.75) is 32.9 Å². The van der Waals surface area contributed by atoms with E-state index in [0.29, 0.717) is 12.6 Å². The first-order valence-electron chi connectivity index (χ1n) is 8.12. The second-order valence-corrected chi connectivity index (χ2v) is 5.82. The van der Waals surface area contributed by atoms with Crippen LogP contribution >= 0.6 is 0 Å². The Morgan fingerprint density at radius 2 is 1.96 bits per heavy atom. The van der Waals surface area contributed by atoms with Crippen LogP contribution in [-0.2, 0) is 6.54 Å². The van der Waals surface area contributed by atoms with Gasteiger partial charge in [-0.1, -0.05) is 42.8 Å². The third-order valence-corrected chi connectivity index (χ3v) is 3.97. The number of aliphatic imine (C=N–C) groups is 1. The third kappa shape index (κ3) is 4.03. The molecule has 3 rings (SSSR count). The summed E-state index contributed by atoms with van der Waals surface area (Å²) in [5, 5.41) is 6.74. The van der Waals surface area contributed by atoms with Gasteiger partial charge in [0.2, 0.25) is 0 Å². The Labute approximate surface area is 137 Å². The van der Waals surface area contributed by atoms with Gasteiger partial charge in [0.05, 0.1) is 6.54 Å². The minimum Gasteiger partial charge on any atom is -0.457 e. The number of guanidine groups is 1. The van der Waals surface area contributed by atoms with E-state index in [1.54, 1.807) is 0 Å². The number of hydrogen-bond donors (Lipinski definition) is 2. The maximum absolute atomic E-state index is 6.02. The first kappa shape index (κ1) is 15.4. The number of nitrogens with one attached hydrogen (secondary N) is 2. The zero-order chi connectivity index (χ0) is 16.1. The first-order valence-corrected chi connectivity index (χ1v) is 8.12. The fourth-order valence-corrected chi connectivity index (χ4v) is 2.49. The summed E-state index contributed by atoms with van der Waals surface area (Å²) in [6.07, 6.45) is 1.09. The minimum atomic E-state index is 0.455. The molecule has 23 heavy (non-hydrogen) atoms. The van der Waals surface area contributed by atoms with Crippen LogP contribution in [-0.4, -0.2) is 18.5 Å². The molecule has 1 atom stereocenters. The second-order valence-electron chi connectivity index (χ2n) is 5.82. The van der Waals surface area contributed by atoms with Crippen molar-refractivity contribution in [1.82, 2.24) is 10.6 Å². The fraction of sp³-hybridized carbons (Fsp3) is 0.316. The molecule has 1 aliphatic heterocycles. The van der Waals surface area contributed by atoms with Crippen LogP contribution < -0.4 is 15.4 Å². The number of hydrogen-bond acceptors (Lipinski definition) is 4. The number of rotatable bonds is 5. The smallest absolute Gasteiger partial charge is 0.191 e. The summed E-state index contributed by atoms with van der Waals surface area (Å²) in [6, 6.07) is 16.6. The molecule has 120 valence electrons. The lowest BCUT2D eigenvalue weighted by Gasteiger charge is -2.14. The van der Waals surface area contributed by atoms with Crippen LogP contribution in [0.1, 0.15) is 24.5 Å². The Morgan fingerprint density at radius 1 is 1.17 bits per heavy atom. The molecule has 0 spiro atoms. The van der Waals surface area contributed by atoms with E-state index in [1.165, 1.54) is 5.56 Å². The van der Waals surface area contributed by atoms with Gasteiger partial charge in [0.1, 0.15) is 11.5 Å². The Morgan fingerprint density at radius 3 is 2.70 bits per heavy atom. The minimum absolute atomic E-state index is 0.455. The summed E-state index contributed by atoms with van der Waals surface area (Å²) in [7, 11) is 0. The van der Waals surface area contributed by atoms with Crippen LogP contribution in [0, 0.1) is 6.92 Å². The molecule has 0 saturated heterocycles. The fourth-order valence-electron chi connectivity index (χ4n) is 2.49. The van der Waals surface area contributed by atoms with Gasteiger partial charge in [0.15, 0.2) is 5.96 Å². The topological polar surface area (TPSA) is 45.7 Å². The van der Waals surface area contributed by atoms with Crippen molar-refractivity contribution in [1.29, 1.82) is 0 Å². The standard InChI is InChI=1S/C19H23N3O/c1-3-16-13-21-19(22-16)20-12-15-6-4-5-7-18(15)23-17-10-8-14(2)9-11-17/h4-11,16H,3,12-13H2,1-2H3,(H2,20,21,22). The van der Waals surface area contributed by atoms with Gasteiger partial charge in [-0.25, -0.2) is 0 Å². The molecule has 2 aromatic rings.